The smallest absolute Gasteiger partial charge is 0.207 e. The van der Waals surface area contributed by atoms with Crippen molar-refractivity contribution in [1.29, 1.82) is 0 Å². The Hall–Kier alpha value is -0.0500. The summed E-state index contributed by atoms with van der Waals surface area (Å²) in [5, 5.41) is 2.70. The summed E-state index contributed by atoms with van der Waals surface area (Å²) in [6, 6.07) is 0.396. The van der Waals surface area contributed by atoms with Crippen molar-refractivity contribution < 1.29 is 4.79 Å². The van der Waals surface area contributed by atoms with Crippen molar-refractivity contribution in [2.24, 2.45) is 0 Å². The summed E-state index contributed by atoms with van der Waals surface area (Å²) in [4.78, 5) is 10.3. The van der Waals surface area contributed by atoms with Gasteiger partial charge in [-0.3, -0.25) is 4.79 Å². The molecule has 1 N–H and O–H groups in total. The van der Waals surface area contributed by atoms with E-state index >= 15 is 0 Å². The Morgan fingerprint density at radius 1 is 1.62 bits per heavy atom. The molecule has 1 rings (SSSR count). The van der Waals surface area contributed by atoms with Crippen LogP contribution in [0.15, 0.2) is 0 Å². The van der Waals surface area contributed by atoms with Crippen molar-refractivity contribution >= 4 is 22.3 Å². The van der Waals surface area contributed by atoms with Crippen LogP contribution in [0.3, 0.4) is 0 Å². The first kappa shape index (κ1) is 6.08. The van der Waals surface area contributed by atoms with Gasteiger partial charge in [0.1, 0.15) is 0 Å². The molecule has 1 saturated carbocycles. The minimum atomic E-state index is 0.396. The van der Waals surface area contributed by atoms with Crippen molar-refractivity contribution in [3.8, 4) is 0 Å². The molecule has 0 aromatic heterocycles. The van der Waals surface area contributed by atoms with E-state index in [-0.39, 0.29) is 0 Å². The summed E-state index contributed by atoms with van der Waals surface area (Å²) in [7, 11) is 0. The SMILES string of the molecule is O=CNC1CCC1Br. The molecule has 2 unspecified atom stereocenters. The van der Waals surface area contributed by atoms with Crippen LogP contribution in [0.25, 0.3) is 0 Å². The Bertz CT molecular complexity index is 96.4. The maximum Gasteiger partial charge on any atom is 0.207 e. The lowest BCUT2D eigenvalue weighted by molar-refractivity contribution is -0.110. The summed E-state index contributed by atoms with van der Waals surface area (Å²) in [5.41, 5.74) is 0. The lowest BCUT2D eigenvalue weighted by Gasteiger charge is -2.31. The maximum absolute atomic E-state index is 9.82. The number of hydrogen-bond donors (Lipinski definition) is 1. The summed E-state index contributed by atoms with van der Waals surface area (Å²) in [5.74, 6) is 0. The molecule has 1 aliphatic carbocycles. The van der Waals surface area contributed by atoms with Gasteiger partial charge in [0.25, 0.3) is 0 Å². The van der Waals surface area contributed by atoms with Gasteiger partial charge in [0.05, 0.1) is 0 Å². The Morgan fingerprint density at radius 3 is 2.50 bits per heavy atom. The second-order valence-corrected chi connectivity index (χ2v) is 3.16. The number of rotatable bonds is 2. The van der Waals surface area contributed by atoms with E-state index in [1.165, 1.54) is 6.42 Å². The van der Waals surface area contributed by atoms with Crippen molar-refractivity contribution in [3.63, 3.8) is 0 Å². The number of carbonyl (C=O) groups excluding carboxylic acids is 1. The average Bonchev–Trinajstić information content (AvgIpc) is 1.79. The zero-order valence-electron chi connectivity index (χ0n) is 4.43. The Balaban J connectivity index is 2.16. The lowest BCUT2D eigenvalue weighted by Crippen LogP contribution is -2.43. The molecule has 1 fully saturated rings. The Labute approximate surface area is 56.8 Å². The highest BCUT2D eigenvalue weighted by Crippen LogP contribution is 2.26. The van der Waals surface area contributed by atoms with Gasteiger partial charge in [-0.05, 0) is 12.8 Å². The highest BCUT2D eigenvalue weighted by atomic mass is 79.9. The molecule has 0 radical (unpaired) electrons. The van der Waals surface area contributed by atoms with Crippen molar-refractivity contribution in [1.82, 2.24) is 5.32 Å². The van der Waals surface area contributed by atoms with Gasteiger partial charge in [-0.2, -0.15) is 0 Å². The Morgan fingerprint density at radius 2 is 2.38 bits per heavy atom. The van der Waals surface area contributed by atoms with E-state index < -0.39 is 0 Å². The van der Waals surface area contributed by atoms with Gasteiger partial charge in [0, 0.05) is 10.9 Å². The van der Waals surface area contributed by atoms with Gasteiger partial charge in [-0.15, -0.1) is 0 Å². The summed E-state index contributed by atoms with van der Waals surface area (Å²) in [6.07, 6.45) is 3.07. The maximum atomic E-state index is 9.82. The molecule has 3 heteroatoms. The number of alkyl halides is 1. The van der Waals surface area contributed by atoms with Crippen molar-refractivity contribution in [2.45, 2.75) is 23.7 Å². The van der Waals surface area contributed by atoms with E-state index in [0.717, 1.165) is 12.8 Å². The predicted octanol–water partition coefficient (Wildman–Crippen LogP) is 0.658. The minimum absolute atomic E-state index is 0.396. The highest BCUT2D eigenvalue weighted by Gasteiger charge is 2.27. The topological polar surface area (TPSA) is 29.1 Å². The monoisotopic (exact) mass is 177 g/mol. The van der Waals surface area contributed by atoms with Crippen LogP contribution in [0.2, 0.25) is 0 Å². The van der Waals surface area contributed by atoms with E-state index in [0.29, 0.717) is 10.9 Å². The summed E-state index contributed by atoms with van der Waals surface area (Å²) in [6.45, 7) is 0. The molecular weight excluding hydrogens is 170 g/mol. The fraction of sp³-hybridized carbons (Fsp3) is 0.800. The first-order valence-corrected chi connectivity index (χ1v) is 3.60. The van der Waals surface area contributed by atoms with Crippen LogP contribution in [0.1, 0.15) is 12.8 Å². The van der Waals surface area contributed by atoms with Crippen LogP contribution in [-0.4, -0.2) is 17.3 Å². The van der Waals surface area contributed by atoms with Crippen LogP contribution < -0.4 is 5.32 Å². The molecule has 0 aromatic carbocycles. The van der Waals surface area contributed by atoms with Crippen LogP contribution in [0.4, 0.5) is 0 Å². The average molecular weight is 178 g/mol. The van der Waals surface area contributed by atoms with E-state index in [2.05, 4.69) is 21.2 Å². The zero-order chi connectivity index (χ0) is 5.98. The largest absolute Gasteiger partial charge is 0.355 e. The van der Waals surface area contributed by atoms with Gasteiger partial charge >= 0.3 is 0 Å². The van der Waals surface area contributed by atoms with E-state index in [1.54, 1.807) is 0 Å². The van der Waals surface area contributed by atoms with Crippen molar-refractivity contribution in [3.05, 3.63) is 0 Å². The molecule has 1 aliphatic rings. The third-order valence-corrected chi connectivity index (χ3v) is 2.57. The molecule has 0 saturated heterocycles. The number of halogens is 1. The molecule has 1 amide bonds. The molecule has 0 aliphatic heterocycles. The molecule has 8 heavy (non-hydrogen) atoms. The Kier molecular flexibility index (Phi) is 1.89. The van der Waals surface area contributed by atoms with Gasteiger partial charge in [0.2, 0.25) is 6.41 Å². The number of hydrogen-bond acceptors (Lipinski definition) is 1. The van der Waals surface area contributed by atoms with E-state index in [1.807, 2.05) is 0 Å². The van der Waals surface area contributed by atoms with Crippen LogP contribution in [-0.2, 0) is 4.79 Å². The molecule has 46 valence electrons. The van der Waals surface area contributed by atoms with Crippen LogP contribution >= 0.6 is 15.9 Å². The second kappa shape index (κ2) is 2.49. The molecule has 0 heterocycles. The lowest BCUT2D eigenvalue weighted by atomic mass is 9.93. The predicted molar refractivity (Wildman–Crippen MR) is 34.9 cm³/mol. The van der Waals surface area contributed by atoms with E-state index in [4.69, 9.17) is 0 Å². The molecule has 2 atom stereocenters. The minimum Gasteiger partial charge on any atom is -0.355 e. The van der Waals surface area contributed by atoms with Gasteiger partial charge in [-0.25, -0.2) is 0 Å². The molecule has 0 spiro atoms. The third-order valence-electron chi connectivity index (χ3n) is 1.47. The number of carbonyl (C=O) groups is 1. The van der Waals surface area contributed by atoms with E-state index in [9.17, 15) is 4.79 Å². The first-order chi connectivity index (χ1) is 3.84. The molecule has 0 aromatic rings. The third kappa shape index (κ3) is 1.02. The van der Waals surface area contributed by atoms with Crippen LogP contribution in [0, 0.1) is 0 Å². The number of amides is 1. The molecule has 0 bridgehead atoms. The number of nitrogens with one attached hydrogen (secondary N) is 1. The summed E-state index contributed by atoms with van der Waals surface area (Å²) >= 11 is 3.41. The standard InChI is InChI=1S/C5H8BrNO/c6-4-1-2-5(4)7-3-8/h3-5H,1-2H2,(H,7,8). The molecule has 2 nitrogen and oxygen atoms in total. The first-order valence-electron chi connectivity index (χ1n) is 2.68. The van der Waals surface area contributed by atoms with Crippen LogP contribution in [0.5, 0.6) is 0 Å². The fourth-order valence-corrected chi connectivity index (χ4v) is 1.42. The van der Waals surface area contributed by atoms with Gasteiger partial charge in [0.15, 0.2) is 0 Å². The van der Waals surface area contributed by atoms with Crippen molar-refractivity contribution in [2.75, 3.05) is 0 Å². The second-order valence-electron chi connectivity index (χ2n) is 1.98. The quantitative estimate of drug-likeness (QED) is 0.488. The highest BCUT2D eigenvalue weighted by molar-refractivity contribution is 9.09. The van der Waals surface area contributed by atoms with Gasteiger partial charge in [-0.1, -0.05) is 15.9 Å². The normalized spacial score (nSPS) is 35.6. The fourth-order valence-electron chi connectivity index (χ4n) is 0.734. The summed E-state index contributed by atoms with van der Waals surface area (Å²) < 4.78 is 0. The van der Waals surface area contributed by atoms with Gasteiger partial charge < -0.3 is 5.32 Å². The zero-order valence-corrected chi connectivity index (χ0v) is 6.02. The molecular formula is C5H8BrNO.